The van der Waals surface area contributed by atoms with E-state index in [0.717, 1.165) is 5.69 Å². The Balaban J connectivity index is 2.75. The minimum absolute atomic E-state index is 0.0812. The molecular weight excluding hydrogens is 252 g/mol. The molecule has 5 nitrogen and oxygen atoms in total. The molecule has 3 N–H and O–H groups in total. The lowest BCUT2D eigenvalue weighted by Gasteiger charge is -2.13. The summed E-state index contributed by atoms with van der Waals surface area (Å²) in [7, 11) is -3.16. The van der Waals surface area contributed by atoms with E-state index in [0.29, 0.717) is 4.90 Å². The first-order chi connectivity index (χ1) is 8.35. The molecule has 0 saturated heterocycles. The van der Waals surface area contributed by atoms with Gasteiger partial charge in [0.05, 0.1) is 10.6 Å². The highest BCUT2D eigenvalue weighted by atomic mass is 32.2. The van der Waals surface area contributed by atoms with Crippen molar-refractivity contribution in [1.29, 1.82) is 0 Å². The summed E-state index contributed by atoms with van der Waals surface area (Å²) in [6, 6.07) is 6.38. The summed E-state index contributed by atoms with van der Waals surface area (Å²) in [6.07, 6.45) is 0.231. The van der Waals surface area contributed by atoms with E-state index in [9.17, 15) is 13.2 Å². The van der Waals surface area contributed by atoms with Crippen LogP contribution in [0.25, 0.3) is 0 Å². The number of benzene rings is 1. The fourth-order valence-corrected chi connectivity index (χ4v) is 2.45. The number of anilines is 1. The van der Waals surface area contributed by atoms with Gasteiger partial charge in [0, 0.05) is 18.2 Å². The number of hydrogen-bond acceptors (Lipinski definition) is 4. The van der Waals surface area contributed by atoms with Gasteiger partial charge in [0.25, 0.3) is 0 Å². The number of rotatable bonds is 6. The summed E-state index contributed by atoms with van der Waals surface area (Å²) in [5, 5.41) is 3.07. The normalized spacial score (nSPS) is 13.0. The van der Waals surface area contributed by atoms with E-state index in [1.54, 1.807) is 31.2 Å². The zero-order chi connectivity index (χ0) is 13.8. The van der Waals surface area contributed by atoms with Crippen molar-refractivity contribution in [3.05, 3.63) is 24.3 Å². The first-order valence-corrected chi connectivity index (χ1v) is 7.38. The van der Waals surface area contributed by atoms with Gasteiger partial charge in [-0.1, -0.05) is 6.92 Å². The van der Waals surface area contributed by atoms with Crippen molar-refractivity contribution in [2.24, 2.45) is 5.73 Å². The van der Waals surface area contributed by atoms with Crippen LogP contribution < -0.4 is 11.1 Å². The maximum atomic E-state index is 11.6. The zero-order valence-corrected chi connectivity index (χ0v) is 11.3. The molecule has 1 amide bonds. The quantitative estimate of drug-likeness (QED) is 0.811. The summed E-state index contributed by atoms with van der Waals surface area (Å²) in [4.78, 5) is 11.0. The van der Waals surface area contributed by atoms with Gasteiger partial charge in [-0.25, -0.2) is 8.42 Å². The van der Waals surface area contributed by atoms with Gasteiger partial charge in [-0.3, -0.25) is 4.79 Å². The SMILES string of the molecule is CCS(=O)(=O)c1ccc(NC(C)CC(N)=O)cc1. The maximum absolute atomic E-state index is 11.6. The number of sulfone groups is 1. The van der Waals surface area contributed by atoms with Crippen molar-refractivity contribution in [3.8, 4) is 0 Å². The monoisotopic (exact) mass is 270 g/mol. The van der Waals surface area contributed by atoms with Gasteiger partial charge in [-0.05, 0) is 31.2 Å². The summed E-state index contributed by atoms with van der Waals surface area (Å²) in [6.45, 7) is 3.44. The van der Waals surface area contributed by atoms with E-state index < -0.39 is 9.84 Å². The van der Waals surface area contributed by atoms with Crippen LogP contribution in [0.3, 0.4) is 0 Å². The molecule has 1 atom stereocenters. The largest absolute Gasteiger partial charge is 0.382 e. The van der Waals surface area contributed by atoms with Gasteiger partial charge >= 0.3 is 0 Å². The molecule has 100 valence electrons. The summed E-state index contributed by atoms with van der Waals surface area (Å²) in [5.74, 6) is -0.294. The van der Waals surface area contributed by atoms with Crippen LogP contribution in [0.2, 0.25) is 0 Å². The molecule has 0 aliphatic rings. The molecule has 6 heteroatoms. The van der Waals surface area contributed by atoms with Gasteiger partial charge in [0.15, 0.2) is 9.84 Å². The van der Waals surface area contributed by atoms with Crippen molar-refractivity contribution in [3.63, 3.8) is 0 Å². The van der Waals surface area contributed by atoms with Crippen LogP contribution in [0.4, 0.5) is 5.69 Å². The van der Waals surface area contributed by atoms with E-state index in [1.807, 2.05) is 6.92 Å². The van der Waals surface area contributed by atoms with Gasteiger partial charge in [0.1, 0.15) is 0 Å². The van der Waals surface area contributed by atoms with Crippen LogP contribution in [0.1, 0.15) is 20.3 Å². The molecule has 1 rings (SSSR count). The molecule has 1 aromatic rings. The molecule has 18 heavy (non-hydrogen) atoms. The van der Waals surface area contributed by atoms with Crippen LogP contribution >= 0.6 is 0 Å². The number of nitrogens with two attached hydrogens (primary N) is 1. The Labute approximate surface area is 107 Å². The smallest absolute Gasteiger partial charge is 0.219 e. The van der Waals surface area contributed by atoms with E-state index in [2.05, 4.69) is 5.32 Å². The third kappa shape index (κ3) is 4.03. The lowest BCUT2D eigenvalue weighted by molar-refractivity contribution is -0.118. The van der Waals surface area contributed by atoms with Crippen molar-refractivity contribution in [2.75, 3.05) is 11.1 Å². The predicted octanol–water partition coefficient (Wildman–Crippen LogP) is 1.16. The first kappa shape index (κ1) is 14.5. The van der Waals surface area contributed by atoms with Crippen molar-refractivity contribution >= 4 is 21.4 Å². The molecule has 0 spiro atoms. The maximum Gasteiger partial charge on any atom is 0.219 e. The fraction of sp³-hybridized carbons (Fsp3) is 0.417. The Bertz CT molecular complexity index is 509. The Morgan fingerprint density at radius 2 is 1.89 bits per heavy atom. The number of amides is 1. The first-order valence-electron chi connectivity index (χ1n) is 5.73. The van der Waals surface area contributed by atoms with Gasteiger partial charge in [0.2, 0.25) is 5.91 Å². The molecule has 0 aliphatic heterocycles. The third-order valence-corrected chi connectivity index (χ3v) is 4.26. The van der Waals surface area contributed by atoms with Crippen LogP contribution in [-0.2, 0) is 14.6 Å². The van der Waals surface area contributed by atoms with Crippen molar-refractivity contribution < 1.29 is 13.2 Å². The zero-order valence-electron chi connectivity index (χ0n) is 10.5. The van der Waals surface area contributed by atoms with E-state index in [4.69, 9.17) is 5.73 Å². The molecule has 0 aliphatic carbocycles. The molecule has 0 heterocycles. The molecule has 0 bridgehead atoms. The molecule has 1 aromatic carbocycles. The average molecular weight is 270 g/mol. The summed E-state index contributed by atoms with van der Waals surface area (Å²) in [5.41, 5.74) is 5.85. The van der Waals surface area contributed by atoms with Crippen LogP contribution in [-0.4, -0.2) is 26.1 Å². The molecular formula is C12H18N2O3S. The molecule has 0 radical (unpaired) electrons. The number of hydrogen-bond donors (Lipinski definition) is 2. The molecule has 0 saturated carbocycles. The highest BCUT2D eigenvalue weighted by Crippen LogP contribution is 2.16. The second-order valence-corrected chi connectivity index (χ2v) is 6.42. The number of carbonyl (C=O) groups is 1. The number of carbonyl (C=O) groups excluding carboxylic acids is 1. The Kier molecular flexibility index (Phi) is 4.72. The second kappa shape index (κ2) is 5.86. The van der Waals surface area contributed by atoms with Crippen LogP contribution in [0.15, 0.2) is 29.2 Å². The van der Waals surface area contributed by atoms with Crippen molar-refractivity contribution in [1.82, 2.24) is 0 Å². The minimum Gasteiger partial charge on any atom is -0.382 e. The lowest BCUT2D eigenvalue weighted by Crippen LogP contribution is -2.23. The van der Waals surface area contributed by atoms with E-state index >= 15 is 0 Å². The lowest BCUT2D eigenvalue weighted by atomic mass is 10.2. The molecule has 0 aromatic heterocycles. The standard InChI is InChI=1S/C12H18N2O3S/c1-3-18(16,17)11-6-4-10(5-7-11)14-9(2)8-12(13)15/h4-7,9,14H,3,8H2,1-2H3,(H2,13,15). The van der Waals surface area contributed by atoms with Crippen molar-refractivity contribution in [2.45, 2.75) is 31.2 Å². The van der Waals surface area contributed by atoms with Gasteiger partial charge < -0.3 is 11.1 Å². The number of nitrogens with one attached hydrogen (secondary N) is 1. The fourth-order valence-electron chi connectivity index (χ4n) is 1.56. The van der Waals surface area contributed by atoms with Gasteiger partial charge in [-0.15, -0.1) is 0 Å². The minimum atomic E-state index is -3.16. The predicted molar refractivity (Wildman–Crippen MR) is 71.1 cm³/mol. The average Bonchev–Trinajstić information content (AvgIpc) is 2.28. The molecule has 0 fully saturated rings. The Hall–Kier alpha value is -1.56. The van der Waals surface area contributed by atoms with Gasteiger partial charge in [-0.2, -0.15) is 0 Å². The second-order valence-electron chi connectivity index (χ2n) is 4.14. The van der Waals surface area contributed by atoms with E-state index in [-0.39, 0.29) is 24.1 Å². The number of primary amides is 1. The summed E-state index contributed by atoms with van der Waals surface area (Å²) >= 11 is 0. The topological polar surface area (TPSA) is 89.3 Å². The third-order valence-electron chi connectivity index (χ3n) is 2.51. The highest BCUT2D eigenvalue weighted by Gasteiger charge is 2.11. The van der Waals surface area contributed by atoms with Crippen LogP contribution in [0, 0.1) is 0 Å². The van der Waals surface area contributed by atoms with Crippen LogP contribution in [0.5, 0.6) is 0 Å². The van der Waals surface area contributed by atoms with E-state index in [1.165, 1.54) is 0 Å². The Morgan fingerprint density at radius 3 is 2.33 bits per heavy atom. The highest BCUT2D eigenvalue weighted by molar-refractivity contribution is 7.91. The Morgan fingerprint density at radius 1 is 1.33 bits per heavy atom. The molecule has 1 unspecified atom stereocenters. The summed E-state index contributed by atoms with van der Waals surface area (Å²) < 4.78 is 23.2.